The Kier molecular flexibility index (Phi) is 6.11. The molecule has 0 aliphatic carbocycles. The molecular weight excluding hydrogens is 431 g/mol. The van der Waals surface area contributed by atoms with Crippen molar-refractivity contribution in [2.75, 3.05) is 16.8 Å². The van der Waals surface area contributed by atoms with Gasteiger partial charge >= 0.3 is 0 Å². The number of carbonyl (C=O) groups is 1. The number of pyridine rings is 1. The minimum Gasteiger partial charge on any atom is -0.365 e. The summed E-state index contributed by atoms with van der Waals surface area (Å²) in [6.07, 6.45) is 5.80. The molecule has 0 atom stereocenters. The molecule has 1 aliphatic heterocycles. The topological polar surface area (TPSA) is 83.0 Å². The number of halogens is 1. The minimum atomic E-state index is -0.313. The quantitative estimate of drug-likeness (QED) is 0.435. The predicted molar refractivity (Wildman–Crippen MR) is 128 cm³/mol. The van der Waals surface area contributed by atoms with Gasteiger partial charge in [0.1, 0.15) is 17.2 Å². The van der Waals surface area contributed by atoms with Crippen LogP contribution in [0.2, 0.25) is 0 Å². The molecule has 2 N–H and O–H groups in total. The van der Waals surface area contributed by atoms with Crippen LogP contribution in [0.25, 0.3) is 0 Å². The van der Waals surface area contributed by atoms with Crippen LogP contribution in [0, 0.1) is 5.82 Å². The van der Waals surface area contributed by atoms with Crippen LogP contribution in [0.5, 0.6) is 0 Å². The van der Waals surface area contributed by atoms with Gasteiger partial charge in [-0.25, -0.2) is 9.37 Å². The van der Waals surface area contributed by atoms with Crippen molar-refractivity contribution in [3.8, 4) is 0 Å². The summed E-state index contributed by atoms with van der Waals surface area (Å²) in [6, 6.07) is 18.2. The van der Waals surface area contributed by atoms with Crippen molar-refractivity contribution in [2.24, 2.45) is 0 Å². The van der Waals surface area contributed by atoms with Crippen molar-refractivity contribution in [1.29, 1.82) is 0 Å². The zero-order valence-corrected chi connectivity index (χ0v) is 18.4. The molecule has 8 heteroatoms. The van der Waals surface area contributed by atoms with Crippen LogP contribution in [0.1, 0.15) is 27.0 Å². The smallest absolute Gasteiger partial charge is 0.256 e. The second kappa shape index (κ2) is 9.66. The standard InChI is InChI=1S/C26H23FN6O/c27-21-6-3-4-19(14-21)16-29-24-22(25(34)30-15-18-8-11-28-12-9-18)17-31-26(32-24)33-13-10-20-5-1-2-7-23(20)33/h1-9,11-12,14,17H,10,13,15-16H2,(H,30,34)(H,29,31,32). The van der Waals surface area contributed by atoms with Gasteiger partial charge in [0.15, 0.2) is 0 Å². The van der Waals surface area contributed by atoms with E-state index in [-0.39, 0.29) is 11.7 Å². The number of anilines is 3. The van der Waals surface area contributed by atoms with Crippen LogP contribution in [0.15, 0.2) is 79.3 Å². The molecule has 0 unspecified atom stereocenters. The molecule has 1 amide bonds. The number of aromatic nitrogens is 3. The molecule has 7 nitrogen and oxygen atoms in total. The number of fused-ring (bicyclic) bond motifs is 1. The Bertz CT molecular complexity index is 1310. The molecule has 3 heterocycles. The van der Waals surface area contributed by atoms with E-state index in [1.165, 1.54) is 17.7 Å². The van der Waals surface area contributed by atoms with Gasteiger partial charge in [0.2, 0.25) is 5.95 Å². The van der Waals surface area contributed by atoms with Crippen molar-refractivity contribution < 1.29 is 9.18 Å². The van der Waals surface area contributed by atoms with Gasteiger partial charge in [-0.05, 0) is 53.4 Å². The molecule has 1 aliphatic rings. The van der Waals surface area contributed by atoms with Crippen molar-refractivity contribution in [2.45, 2.75) is 19.5 Å². The maximum Gasteiger partial charge on any atom is 0.256 e. The third-order valence-corrected chi connectivity index (χ3v) is 5.70. The first-order valence-electron chi connectivity index (χ1n) is 11.1. The molecule has 0 saturated carbocycles. The highest BCUT2D eigenvalue weighted by Crippen LogP contribution is 2.33. The molecule has 5 rings (SSSR count). The average molecular weight is 455 g/mol. The highest BCUT2D eigenvalue weighted by molar-refractivity contribution is 5.98. The van der Waals surface area contributed by atoms with Gasteiger partial charge in [-0.15, -0.1) is 0 Å². The molecule has 0 radical (unpaired) electrons. The third-order valence-electron chi connectivity index (χ3n) is 5.70. The zero-order valence-electron chi connectivity index (χ0n) is 18.4. The molecular formula is C26H23FN6O. The van der Waals surface area contributed by atoms with Crippen LogP contribution in [0.3, 0.4) is 0 Å². The van der Waals surface area contributed by atoms with Crippen LogP contribution < -0.4 is 15.5 Å². The second-order valence-electron chi connectivity index (χ2n) is 7.98. The minimum absolute atomic E-state index is 0.299. The fourth-order valence-corrected chi connectivity index (χ4v) is 3.96. The first kappa shape index (κ1) is 21.5. The molecule has 0 spiro atoms. The van der Waals surface area contributed by atoms with Gasteiger partial charge in [-0.1, -0.05) is 30.3 Å². The van der Waals surface area contributed by atoms with Gasteiger partial charge in [0, 0.05) is 43.9 Å². The molecule has 2 aromatic heterocycles. The van der Waals surface area contributed by atoms with Crippen LogP contribution in [-0.4, -0.2) is 27.4 Å². The Morgan fingerprint density at radius 1 is 1.00 bits per heavy atom. The maximum absolute atomic E-state index is 13.6. The summed E-state index contributed by atoms with van der Waals surface area (Å²) in [7, 11) is 0. The van der Waals surface area contributed by atoms with E-state index < -0.39 is 0 Å². The van der Waals surface area contributed by atoms with E-state index in [2.05, 4.69) is 26.7 Å². The number of carbonyl (C=O) groups excluding carboxylic acids is 1. The maximum atomic E-state index is 13.6. The lowest BCUT2D eigenvalue weighted by atomic mass is 10.2. The fraction of sp³-hybridized carbons (Fsp3) is 0.154. The normalized spacial score (nSPS) is 12.3. The second-order valence-corrected chi connectivity index (χ2v) is 7.98. The Balaban J connectivity index is 1.42. The Morgan fingerprint density at radius 2 is 1.85 bits per heavy atom. The summed E-state index contributed by atoms with van der Waals surface area (Å²) in [6.45, 7) is 1.43. The lowest BCUT2D eigenvalue weighted by Gasteiger charge is -2.19. The van der Waals surface area contributed by atoms with E-state index in [0.717, 1.165) is 29.8 Å². The molecule has 0 fully saturated rings. The lowest BCUT2D eigenvalue weighted by molar-refractivity contribution is 0.0951. The van der Waals surface area contributed by atoms with Crippen molar-refractivity contribution in [1.82, 2.24) is 20.3 Å². The Labute approximate surface area is 196 Å². The zero-order chi connectivity index (χ0) is 23.3. The van der Waals surface area contributed by atoms with Gasteiger partial charge < -0.3 is 15.5 Å². The largest absolute Gasteiger partial charge is 0.365 e. The molecule has 170 valence electrons. The van der Waals surface area contributed by atoms with E-state index in [4.69, 9.17) is 4.98 Å². The summed E-state index contributed by atoms with van der Waals surface area (Å²) >= 11 is 0. The monoisotopic (exact) mass is 454 g/mol. The van der Waals surface area contributed by atoms with Gasteiger partial charge in [-0.3, -0.25) is 9.78 Å². The highest BCUT2D eigenvalue weighted by atomic mass is 19.1. The van der Waals surface area contributed by atoms with Crippen molar-refractivity contribution >= 4 is 23.4 Å². The molecule has 34 heavy (non-hydrogen) atoms. The number of nitrogens with one attached hydrogen (secondary N) is 2. The predicted octanol–water partition coefficient (Wildman–Crippen LogP) is 4.25. The SMILES string of the molecule is O=C(NCc1ccncc1)c1cnc(N2CCc3ccccc32)nc1NCc1cccc(F)c1. The van der Waals surface area contributed by atoms with E-state index >= 15 is 0 Å². The molecule has 0 bridgehead atoms. The van der Waals surface area contributed by atoms with E-state index in [1.54, 1.807) is 24.7 Å². The van der Waals surface area contributed by atoms with Crippen molar-refractivity contribution in [3.63, 3.8) is 0 Å². The summed E-state index contributed by atoms with van der Waals surface area (Å²) in [5.74, 6) is 0.293. The van der Waals surface area contributed by atoms with E-state index in [9.17, 15) is 9.18 Å². The van der Waals surface area contributed by atoms with Gasteiger partial charge in [0.25, 0.3) is 5.91 Å². The Hall–Kier alpha value is -4.33. The molecule has 4 aromatic rings. The first-order valence-corrected chi connectivity index (χ1v) is 11.1. The van der Waals surface area contributed by atoms with Crippen LogP contribution in [0.4, 0.5) is 21.8 Å². The summed E-state index contributed by atoms with van der Waals surface area (Å²) in [5, 5.41) is 6.12. The molecule has 0 saturated heterocycles. The van der Waals surface area contributed by atoms with Gasteiger partial charge in [-0.2, -0.15) is 4.98 Å². The van der Waals surface area contributed by atoms with Crippen molar-refractivity contribution in [3.05, 3.63) is 107 Å². The first-order chi connectivity index (χ1) is 16.7. The third kappa shape index (κ3) is 4.71. The summed E-state index contributed by atoms with van der Waals surface area (Å²) in [5.41, 5.74) is 4.30. The number of para-hydroxylation sites is 1. The average Bonchev–Trinajstić information content (AvgIpc) is 3.31. The number of benzene rings is 2. The highest BCUT2D eigenvalue weighted by Gasteiger charge is 2.24. The number of rotatable bonds is 7. The number of amides is 1. The lowest BCUT2D eigenvalue weighted by Crippen LogP contribution is -2.26. The fourth-order valence-electron chi connectivity index (χ4n) is 3.96. The molecule has 2 aromatic carbocycles. The van der Waals surface area contributed by atoms with E-state index in [1.807, 2.05) is 41.3 Å². The number of hydrogen-bond acceptors (Lipinski definition) is 6. The summed E-state index contributed by atoms with van der Waals surface area (Å²) < 4.78 is 13.6. The summed E-state index contributed by atoms with van der Waals surface area (Å²) in [4.78, 5) is 28.3. The number of hydrogen-bond donors (Lipinski definition) is 2. The van der Waals surface area contributed by atoms with Crippen LogP contribution in [-0.2, 0) is 19.5 Å². The number of nitrogens with zero attached hydrogens (tertiary/aromatic N) is 4. The Morgan fingerprint density at radius 3 is 2.71 bits per heavy atom. The van der Waals surface area contributed by atoms with E-state index in [0.29, 0.717) is 30.4 Å². The van der Waals surface area contributed by atoms with Crippen LogP contribution >= 0.6 is 0 Å². The van der Waals surface area contributed by atoms with Gasteiger partial charge in [0.05, 0.1) is 0 Å².